The molecule has 2 aromatic rings. The predicted molar refractivity (Wildman–Crippen MR) is 167 cm³/mol. The number of aliphatic hydroxyl groups is 2. The minimum atomic E-state index is -1.50. The van der Waals surface area contributed by atoms with Gasteiger partial charge in [0.1, 0.15) is 30.2 Å². The molecule has 0 aromatic heterocycles. The molecule has 3 rings (SSSR count). The second kappa shape index (κ2) is 17.0. The smallest absolute Gasteiger partial charge is 0.245 e. The Labute approximate surface area is 267 Å². The zero-order valence-corrected chi connectivity index (χ0v) is 26.0. The van der Waals surface area contributed by atoms with Gasteiger partial charge in [0, 0.05) is 18.8 Å². The third-order valence-corrected chi connectivity index (χ3v) is 7.71. The molecular weight excluding hydrogens is 596 g/mol. The molecule has 1 saturated heterocycles. The summed E-state index contributed by atoms with van der Waals surface area (Å²) in [6.07, 6.45) is -1.02. The van der Waals surface area contributed by atoms with Crippen LogP contribution in [0, 0.1) is 5.92 Å². The summed E-state index contributed by atoms with van der Waals surface area (Å²) in [5.74, 6) is -5.52. The fourth-order valence-electron chi connectivity index (χ4n) is 4.76. The summed E-state index contributed by atoms with van der Waals surface area (Å²) >= 11 is 0. The van der Waals surface area contributed by atoms with Gasteiger partial charge in [0.25, 0.3) is 0 Å². The van der Waals surface area contributed by atoms with Crippen LogP contribution in [0.3, 0.4) is 0 Å². The lowest BCUT2D eigenvalue weighted by Crippen LogP contribution is -2.62. The number of nitrogens with one attached hydrogen (secondary N) is 6. The van der Waals surface area contributed by atoms with Gasteiger partial charge in [-0.15, -0.1) is 0 Å². The van der Waals surface area contributed by atoms with Crippen molar-refractivity contribution in [2.24, 2.45) is 5.92 Å². The SMILES string of the molecule is C[C@H]([C@H](C)O)[C@@H]1NC(=O)[C@@H](CO)NC(=O)CNC(=O)[C@@H](C)NC(=O)[C@@H](Cc2ccccc2)NC(=O)[C@H](Cc2ccccc2)NC1=O. The summed E-state index contributed by atoms with van der Waals surface area (Å²) in [7, 11) is 0. The maximum absolute atomic E-state index is 13.9. The van der Waals surface area contributed by atoms with Gasteiger partial charge in [0.2, 0.25) is 35.4 Å². The lowest BCUT2D eigenvalue weighted by molar-refractivity contribution is -0.137. The highest BCUT2D eigenvalue weighted by Crippen LogP contribution is 2.12. The molecule has 14 heteroatoms. The number of hydrogen-bond donors (Lipinski definition) is 8. The highest BCUT2D eigenvalue weighted by atomic mass is 16.3. The molecule has 14 nitrogen and oxygen atoms in total. The van der Waals surface area contributed by atoms with Gasteiger partial charge in [0.15, 0.2) is 0 Å². The highest BCUT2D eigenvalue weighted by molar-refractivity contribution is 5.97. The Hall–Kier alpha value is -4.82. The molecule has 8 N–H and O–H groups in total. The Morgan fingerprint density at radius 2 is 1.13 bits per heavy atom. The van der Waals surface area contributed by atoms with Crippen LogP contribution in [-0.4, -0.2) is 95.1 Å². The van der Waals surface area contributed by atoms with Crippen LogP contribution < -0.4 is 31.9 Å². The van der Waals surface area contributed by atoms with E-state index in [0.29, 0.717) is 5.56 Å². The molecule has 0 radical (unpaired) electrons. The molecule has 1 aliphatic rings. The zero-order chi connectivity index (χ0) is 33.8. The quantitative estimate of drug-likeness (QED) is 0.170. The first kappa shape index (κ1) is 35.7. The van der Waals surface area contributed by atoms with E-state index in [1.807, 2.05) is 0 Å². The Balaban J connectivity index is 2.03. The Bertz CT molecular complexity index is 1370. The van der Waals surface area contributed by atoms with Crippen LogP contribution in [-0.2, 0) is 41.6 Å². The van der Waals surface area contributed by atoms with Crippen molar-refractivity contribution >= 4 is 35.4 Å². The number of amides is 6. The largest absolute Gasteiger partial charge is 0.394 e. The molecule has 7 atom stereocenters. The minimum absolute atomic E-state index is 0.00987. The first-order valence-corrected chi connectivity index (χ1v) is 15.0. The molecule has 1 aliphatic heterocycles. The highest BCUT2D eigenvalue weighted by Gasteiger charge is 2.36. The van der Waals surface area contributed by atoms with Gasteiger partial charge in [0.05, 0.1) is 19.3 Å². The van der Waals surface area contributed by atoms with Crippen LogP contribution in [0.5, 0.6) is 0 Å². The van der Waals surface area contributed by atoms with Gasteiger partial charge in [-0.1, -0.05) is 67.6 Å². The third-order valence-electron chi connectivity index (χ3n) is 7.71. The number of benzene rings is 2. The topological polar surface area (TPSA) is 215 Å². The van der Waals surface area contributed by atoms with E-state index in [0.717, 1.165) is 5.56 Å². The number of aliphatic hydroxyl groups excluding tert-OH is 2. The molecule has 6 amide bonds. The van der Waals surface area contributed by atoms with E-state index in [-0.39, 0.29) is 12.8 Å². The average molecular weight is 639 g/mol. The number of hydrogen-bond acceptors (Lipinski definition) is 8. The number of rotatable bonds is 7. The van der Waals surface area contributed by atoms with Crippen molar-refractivity contribution < 1.29 is 39.0 Å². The monoisotopic (exact) mass is 638 g/mol. The standard InChI is InChI=1S/C32H42N6O8/c1-18(20(3)40)27-32(46)37-24(15-22-12-8-5-9-13-22)30(44)36-23(14-21-10-6-4-7-11-21)29(43)34-19(2)28(42)33-16-26(41)35-25(17-39)31(45)38-27/h4-13,18-20,23-25,27,39-40H,14-17H2,1-3H3,(H,33,42)(H,34,43)(H,35,41)(H,36,44)(H,37,46)(H,38,45)/t18-,19-,20+,23-,24+,25-,27+/m1/s1. The fourth-order valence-corrected chi connectivity index (χ4v) is 4.76. The first-order chi connectivity index (χ1) is 21.9. The molecule has 0 unspecified atom stereocenters. The minimum Gasteiger partial charge on any atom is -0.394 e. The van der Waals surface area contributed by atoms with Crippen molar-refractivity contribution in [1.82, 2.24) is 31.9 Å². The molecule has 1 fully saturated rings. The Morgan fingerprint density at radius 3 is 1.63 bits per heavy atom. The summed E-state index contributed by atoms with van der Waals surface area (Å²) in [5.41, 5.74) is 1.40. The summed E-state index contributed by atoms with van der Waals surface area (Å²) < 4.78 is 0. The molecule has 1 heterocycles. The van der Waals surface area contributed by atoms with E-state index in [1.54, 1.807) is 60.7 Å². The second-order valence-corrected chi connectivity index (χ2v) is 11.3. The van der Waals surface area contributed by atoms with Gasteiger partial charge < -0.3 is 42.1 Å². The van der Waals surface area contributed by atoms with Crippen molar-refractivity contribution in [3.8, 4) is 0 Å². The van der Waals surface area contributed by atoms with Crippen LogP contribution in [0.25, 0.3) is 0 Å². The maximum Gasteiger partial charge on any atom is 0.245 e. The van der Waals surface area contributed by atoms with E-state index < -0.39 is 90.8 Å². The van der Waals surface area contributed by atoms with Crippen LogP contribution in [0.15, 0.2) is 60.7 Å². The van der Waals surface area contributed by atoms with E-state index in [4.69, 9.17) is 0 Å². The molecule has 0 spiro atoms. The van der Waals surface area contributed by atoms with Crippen molar-refractivity contribution in [3.63, 3.8) is 0 Å². The van der Waals surface area contributed by atoms with Crippen molar-refractivity contribution in [2.75, 3.05) is 13.2 Å². The van der Waals surface area contributed by atoms with Crippen molar-refractivity contribution in [1.29, 1.82) is 0 Å². The average Bonchev–Trinajstić information content (AvgIpc) is 3.04. The summed E-state index contributed by atoms with van der Waals surface area (Å²) in [5, 5.41) is 35.2. The molecular formula is C32H42N6O8. The van der Waals surface area contributed by atoms with E-state index in [2.05, 4.69) is 31.9 Å². The molecule has 46 heavy (non-hydrogen) atoms. The zero-order valence-electron chi connectivity index (χ0n) is 26.0. The molecule has 0 saturated carbocycles. The number of carbonyl (C=O) groups excluding carboxylic acids is 6. The van der Waals surface area contributed by atoms with Crippen LogP contribution in [0.2, 0.25) is 0 Å². The normalized spacial score (nSPS) is 25.3. The maximum atomic E-state index is 13.9. The van der Waals surface area contributed by atoms with E-state index >= 15 is 0 Å². The number of carbonyl (C=O) groups is 6. The Morgan fingerprint density at radius 1 is 0.652 bits per heavy atom. The van der Waals surface area contributed by atoms with Crippen LogP contribution in [0.1, 0.15) is 31.9 Å². The van der Waals surface area contributed by atoms with Gasteiger partial charge in [-0.3, -0.25) is 28.8 Å². The Kier molecular flexibility index (Phi) is 13.2. The van der Waals surface area contributed by atoms with Crippen LogP contribution >= 0.6 is 0 Å². The molecule has 0 aliphatic carbocycles. The lowest BCUT2D eigenvalue weighted by atomic mass is 9.94. The second-order valence-electron chi connectivity index (χ2n) is 11.3. The third kappa shape index (κ3) is 10.4. The predicted octanol–water partition coefficient (Wildman–Crippen LogP) is -1.95. The van der Waals surface area contributed by atoms with E-state index in [1.165, 1.54) is 20.8 Å². The van der Waals surface area contributed by atoms with Gasteiger partial charge in [-0.2, -0.15) is 0 Å². The summed E-state index contributed by atoms with van der Waals surface area (Å²) in [6, 6.07) is 11.3. The van der Waals surface area contributed by atoms with Crippen molar-refractivity contribution in [3.05, 3.63) is 71.8 Å². The van der Waals surface area contributed by atoms with Gasteiger partial charge in [-0.25, -0.2) is 0 Å². The van der Waals surface area contributed by atoms with E-state index in [9.17, 15) is 39.0 Å². The molecule has 248 valence electrons. The van der Waals surface area contributed by atoms with Crippen molar-refractivity contribution in [2.45, 2.75) is 69.9 Å². The summed E-state index contributed by atoms with van der Waals surface area (Å²) in [6.45, 7) is 2.92. The van der Waals surface area contributed by atoms with Crippen LogP contribution in [0.4, 0.5) is 0 Å². The fraction of sp³-hybridized carbons (Fsp3) is 0.438. The molecule has 2 aromatic carbocycles. The van der Waals surface area contributed by atoms with Gasteiger partial charge >= 0.3 is 0 Å². The lowest BCUT2D eigenvalue weighted by Gasteiger charge is -2.30. The molecule has 0 bridgehead atoms. The first-order valence-electron chi connectivity index (χ1n) is 15.0. The summed E-state index contributed by atoms with van der Waals surface area (Å²) in [4.78, 5) is 79.4. The van der Waals surface area contributed by atoms with Gasteiger partial charge in [-0.05, 0) is 25.0 Å².